The average Bonchev–Trinajstić information content (AvgIpc) is 1.96. The van der Waals surface area contributed by atoms with Gasteiger partial charge in [0.05, 0.1) is 0 Å². The van der Waals surface area contributed by atoms with Crippen molar-refractivity contribution in [1.82, 2.24) is 5.32 Å². The number of amides is 1. The number of hydrogen-bond donors (Lipinski definition) is 1. The Hall–Kier alpha value is -0.180. The SMILES string of the molecule is CCCSCCCNC(C)=O. The van der Waals surface area contributed by atoms with E-state index in [1.54, 1.807) is 6.92 Å². The van der Waals surface area contributed by atoms with Crippen molar-refractivity contribution in [2.75, 3.05) is 18.1 Å². The van der Waals surface area contributed by atoms with Crippen LogP contribution in [0.25, 0.3) is 0 Å². The lowest BCUT2D eigenvalue weighted by Gasteiger charge is -2.00. The summed E-state index contributed by atoms with van der Waals surface area (Å²) in [5.74, 6) is 2.47. The molecule has 0 atom stereocenters. The summed E-state index contributed by atoms with van der Waals surface area (Å²) in [5, 5.41) is 2.77. The molecule has 0 unspecified atom stereocenters. The predicted octanol–water partition coefficient (Wildman–Crippen LogP) is 1.66. The number of nitrogens with one attached hydrogen (secondary N) is 1. The molecular weight excluding hydrogens is 158 g/mol. The molecule has 0 spiro atoms. The highest BCUT2D eigenvalue weighted by Gasteiger charge is 1.90. The molecule has 0 radical (unpaired) electrons. The summed E-state index contributed by atoms with van der Waals surface area (Å²) in [6, 6.07) is 0. The molecule has 2 nitrogen and oxygen atoms in total. The van der Waals surface area contributed by atoms with Crippen LogP contribution in [0.15, 0.2) is 0 Å². The first-order valence-electron chi connectivity index (χ1n) is 4.09. The Morgan fingerprint density at radius 2 is 2.18 bits per heavy atom. The molecule has 1 amide bonds. The van der Waals surface area contributed by atoms with Crippen LogP contribution in [0.3, 0.4) is 0 Å². The molecular formula is C8H17NOS. The molecule has 0 aliphatic carbocycles. The van der Waals surface area contributed by atoms with E-state index in [-0.39, 0.29) is 5.91 Å². The van der Waals surface area contributed by atoms with Crippen LogP contribution in [0.2, 0.25) is 0 Å². The fourth-order valence-electron chi connectivity index (χ4n) is 0.685. The van der Waals surface area contributed by atoms with Crippen LogP contribution < -0.4 is 5.32 Å². The zero-order valence-electron chi connectivity index (χ0n) is 7.35. The van der Waals surface area contributed by atoms with Crippen LogP contribution in [0, 0.1) is 0 Å². The molecule has 0 aliphatic rings. The van der Waals surface area contributed by atoms with Crippen LogP contribution in [0.4, 0.5) is 0 Å². The second-order valence-electron chi connectivity index (χ2n) is 2.45. The van der Waals surface area contributed by atoms with Crippen molar-refractivity contribution in [2.24, 2.45) is 0 Å². The second kappa shape index (κ2) is 7.92. The van der Waals surface area contributed by atoms with E-state index in [0.717, 1.165) is 18.7 Å². The zero-order chi connectivity index (χ0) is 8.53. The largest absolute Gasteiger partial charge is 0.356 e. The van der Waals surface area contributed by atoms with Gasteiger partial charge < -0.3 is 5.32 Å². The Balaban J connectivity index is 2.85. The molecule has 0 saturated carbocycles. The van der Waals surface area contributed by atoms with E-state index in [1.807, 2.05) is 11.8 Å². The molecule has 11 heavy (non-hydrogen) atoms. The van der Waals surface area contributed by atoms with Gasteiger partial charge in [-0.1, -0.05) is 6.92 Å². The van der Waals surface area contributed by atoms with E-state index in [2.05, 4.69) is 12.2 Å². The molecule has 1 N–H and O–H groups in total. The van der Waals surface area contributed by atoms with Crippen molar-refractivity contribution in [1.29, 1.82) is 0 Å². The van der Waals surface area contributed by atoms with Gasteiger partial charge in [0.15, 0.2) is 0 Å². The lowest BCUT2D eigenvalue weighted by molar-refractivity contribution is -0.118. The molecule has 0 rings (SSSR count). The smallest absolute Gasteiger partial charge is 0.216 e. The summed E-state index contributed by atoms with van der Waals surface area (Å²) in [7, 11) is 0. The molecule has 0 saturated heterocycles. The van der Waals surface area contributed by atoms with Crippen molar-refractivity contribution in [3.05, 3.63) is 0 Å². The molecule has 0 bridgehead atoms. The molecule has 3 heteroatoms. The van der Waals surface area contributed by atoms with Crippen molar-refractivity contribution in [3.63, 3.8) is 0 Å². The maximum atomic E-state index is 10.4. The first-order valence-corrected chi connectivity index (χ1v) is 5.25. The van der Waals surface area contributed by atoms with Gasteiger partial charge >= 0.3 is 0 Å². The summed E-state index contributed by atoms with van der Waals surface area (Å²) in [5.41, 5.74) is 0. The summed E-state index contributed by atoms with van der Waals surface area (Å²) < 4.78 is 0. The van der Waals surface area contributed by atoms with Crippen molar-refractivity contribution >= 4 is 17.7 Å². The van der Waals surface area contributed by atoms with Gasteiger partial charge in [0.25, 0.3) is 0 Å². The lowest BCUT2D eigenvalue weighted by atomic mass is 10.5. The maximum absolute atomic E-state index is 10.4. The van der Waals surface area contributed by atoms with Crippen LogP contribution in [0.5, 0.6) is 0 Å². The Kier molecular flexibility index (Phi) is 7.79. The number of thioether (sulfide) groups is 1. The van der Waals surface area contributed by atoms with Crippen molar-refractivity contribution in [3.8, 4) is 0 Å². The number of rotatable bonds is 6. The van der Waals surface area contributed by atoms with E-state index in [9.17, 15) is 4.79 Å². The van der Waals surface area contributed by atoms with Gasteiger partial charge in [-0.15, -0.1) is 0 Å². The minimum absolute atomic E-state index is 0.0745. The van der Waals surface area contributed by atoms with Gasteiger partial charge in [0.1, 0.15) is 0 Å². The summed E-state index contributed by atoms with van der Waals surface area (Å²) in [6.07, 6.45) is 2.33. The molecule has 0 aliphatic heterocycles. The lowest BCUT2D eigenvalue weighted by Crippen LogP contribution is -2.21. The fourth-order valence-corrected chi connectivity index (χ4v) is 1.53. The highest BCUT2D eigenvalue weighted by Crippen LogP contribution is 2.02. The monoisotopic (exact) mass is 175 g/mol. The first kappa shape index (κ1) is 10.8. The highest BCUT2D eigenvalue weighted by atomic mass is 32.2. The average molecular weight is 175 g/mol. The molecule has 0 heterocycles. The highest BCUT2D eigenvalue weighted by molar-refractivity contribution is 7.99. The second-order valence-corrected chi connectivity index (χ2v) is 3.67. The number of hydrogen-bond acceptors (Lipinski definition) is 2. The Labute approximate surface area is 73.1 Å². The van der Waals surface area contributed by atoms with Crippen LogP contribution in [-0.2, 0) is 4.79 Å². The summed E-state index contributed by atoms with van der Waals surface area (Å²) >= 11 is 1.95. The van der Waals surface area contributed by atoms with Crippen molar-refractivity contribution in [2.45, 2.75) is 26.7 Å². The molecule has 0 aromatic heterocycles. The maximum Gasteiger partial charge on any atom is 0.216 e. The van der Waals surface area contributed by atoms with Gasteiger partial charge in [-0.2, -0.15) is 11.8 Å². The fraction of sp³-hybridized carbons (Fsp3) is 0.875. The van der Waals surface area contributed by atoms with E-state index in [4.69, 9.17) is 0 Å². The minimum Gasteiger partial charge on any atom is -0.356 e. The Morgan fingerprint density at radius 1 is 1.45 bits per heavy atom. The third-order valence-electron chi connectivity index (χ3n) is 1.19. The van der Waals surface area contributed by atoms with Gasteiger partial charge in [-0.3, -0.25) is 4.79 Å². The van der Waals surface area contributed by atoms with Gasteiger partial charge in [-0.05, 0) is 24.3 Å². The predicted molar refractivity (Wildman–Crippen MR) is 50.9 cm³/mol. The third-order valence-corrected chi connectivity index (χ3v) is 2.46. The topological polar surface area (TPSA) is 29.1 Å². The first-order chi connectivity index (χ1) is 5.27. The van der Waals surface area contributed by atoms with Gasteiger partial charge in [-0.25, -0.2) is 0 Å². The molecule has 66 valence electrons. The van der Waals surface area contributed by atoms with Gasteiger partial charge in [0, 0.05) is 13.5 Å². The van der Waals surface area contributed by atoms with E-state index < -0.39 is 0 Å². The molecule has 0 fully saturated rings. The Morgan fingerprint density at radius 3 is 2.73 bits per heavy atom. The zero-order valence-corrected chi connectivity index (χ0v) is 8.17. The summed E-state index contributed by atoms with van der Waals surface area (Å²) in [6.45, 7) is 4.56. The van der Waals surface area contributed by atoms with Crippen LogP contribution >= 0.6 is 11.8 Å². The standard InChI is InChI=1S/C8H17NOS/c1-3-6-11-7-4-5-9-8(2)10/h3-7H2,1-2H3,(H,9,10). The Bertz CT molecular complexity index is 106. The molecule has 0 aromatic carbocycles. The van der Waals surface area contributed by atoms with Crippen LogP contribution in [0.1, 0.15) is 26.7 Å². The van der Waals surface area contributed by atoms with Crippen LogP contribution in [-0.4, -0.2) is 24.0 Å². The number of carbonyl (C=O) groups excluding carboxylic acids is 1. The number of carbonyl (C=O) groups is 1. The molecule has 0 aromatic rings. The normalized spacial score (nSPS) is 9.64. The third kappa shape index (κ3) is 9.82. The van der Waals surface area contributed by atoms with E-state index in [0.29, 0.717) is 0 Å². The van der Waals surface area contributed by atoms with E-state index >= 15 is 0 Å². The van der Waals surface area contributed by atoms with Gasteiger partial charge in [0.2, 0.25) is 5.91 Å². The van der Waals surface area contributed by atoms with E-state index in [1.165, 1.54) is 12.2 Å². The minimum atomic E-state index is 0.0745. The van der Waals surface area contributed by atoms with Crippen molar-refractivity contribution < 1.29 is 4.79 Å². The summed E-state index contributed by atoms with van der Waals surface area (Å²) in [4.78, 5) is 10.4. The quantitative estimate of drug-likeness (QED) is 0.622.